The van der Waals surface area contributed by atoms with Crippen LogP contribution < -0.4 is 0 Å². The predicted molar refractivity (Wildman–Crippen MR) is 81.1 cm³/mol. The van der Waals surface area contributed by atoms with Crippen LogP contribution in [0.2, 0.25) is 0 Å². The molecule has 1 aromatic rings. The maximum absolute atomic E-state index is 12.0. The van der Waals surface area contributed by atoms with Crippen LogP contribution in [0.15, 0.2) is 6.07 Å². The summed E-state index contributed by atoms with van der Waals surface area (Å²) in [6, 6.07) is 2.03. The fourth-order valence-electron chi connectivity index (χ4n) is 2.69. The molecular formula is C16H25N3O2. The molecular weight excluding hydrogens is 266 g/mol. The van der Waals surface area contributed by atoms with Gasteiger partial charge in [-0.15, -0.1) is 0 Å². The largest absolute Gasteiger partial charge is 0.444 e. The Bertz CT molecular complexity index is 502. The van der Waals surface area contributed by atoms with Gasteiger partial charge in [0.15, 0.2) is 0 Å². The summed E-state index contributed by atoms with van der Waals surface area (Å²) in [5, 5.41) is 0. The van der Waals surface area contributed by atoms with Crippen molar-refractivity contribution in [2.24, 2.45) is 5.92 Å². The van der Waals surface area contributed by atoms with Gasteiger partial charge in [-0.25, -0.2) is 14.8 Å². The van der Waals surface area contributed by atoms with E-state index in [2.05, 4.69) is 9.97 Å². The van der Waals surface area contributed by atoms with Gasteiger partial charge in [-0.05, 0) is 59.4 Å². The van der Waals surface area contributed by atoms with E-state index in [0.717, 1.165) is 43.1 Å². The van der Waals surface area contributed by atoms with Gasteiger partial charge in [-0.1, -0.05) is 0 Å². The number of aromatic nitrogens is 2. The molecule has 0 bridgehead atoms. The summed E-state index contributed by atoms with van der Waals surface area (Å²) in [5.41, 5.74) is 1.63. The van der Waals surface area contributed by atoms with Crippen molar-refractivity contribution in [2.75, 3.05) is 13.1 Å². The monoisotopic (exact) mass is 291 g/mol. The Labute approximate surface area is 126 Å². The summed E-state index contributed by atoms with van der Waals surface area (Å²) >= 11 is 0. The highest BCUT2D eigenvalue weighted by Crippen LogP contribution is 2.22. The second-order valence-corrected chi connectivity index (χ2v) is 6.83. The van der Waals surface area contributed by atoms with Crippen LogP contribution in [0.25, 0.3) is 0 Å². The van der Waals surface area contributed by atoms with Crippen LogP contribution >= 0.6 is 0 Å². The number of rotatable bonds is 2. The molecule has 1 atom stereocenters. The van der Waals surface area contributed by atoms with E-state index >= 15 is 0 Å². The van der Waals surface area contributed by atoms with Gasteiger partial charge in [0.2, 0.25) is 0 Å². The minimum atomic E-state index is -0.434. The third kappa shape index (κ3) is 4.69. The summed E-state index contributed by atoms with van der Waals surface area (Å²) in [4.78, 5) is 22.6. The van der Waals surface area contributed by atoms with Crippen molar-refractivity contribution in [2.45, 2.75) is 53.1 Å². The van der Waals surface area contributed by atoms with Crippen molar-refractivity contribution in [1.29, 1.82) is 0 Å². The number of likely N-dealkylation sites (tertiary alicyclic amines) is 1. The highest BCUT2D eigenvalue weighted by atomic mass is 16.6. The molecule has 0 radical (unpaired) electrons. The Balaban J connectivity index is 1.92. The first-order valence-electron chi connectivity index (χ1n) is 7.52. The normalized spacial score (nSPS) is 18.9. The van der Waals surface area contributed by atoms with E-state index in [4.69, 9.17) is 4.74 Å². The maximum Gasteiger partial charge on any atom is 0.410 e. The Morgan fingerprint density at radius 3 is 2.71 bits per heavy atom. The molecule has 1 amide bonds. The Kier molecular flexibility index (Phi) is 4.49. The van der Waals surface area contributed by atoms with Gasteiger partial charge in [-0.2, -0.15) is 0 Å². The van der Waals surface area contributed by atoms with Gasteiger partial charge >= 0.3 is 6.09 Å². The van der Waals surface area contributed by atoms with E-state index in [0.29, 0.717) is 5.92 Å². The molecule has 21 heavy (non-hydrogen) atoms. The molecule has 0 saturated carbocycles. The Hall–Kier alpha value is -1.65. The zero-order valence-electron chi connectivity index (χ0n) is 13.6. The Morgan fingerprint density at radius 2 is 2.10 bits per heavy atom. The van der Waals surface area contributed by atoms with E-state index in [9.17, 15) is 4.79 Å². The van der Waals surface area contributed by atoms with E-state index in [1.165, 1.54) is 0 Å². The average molecular weight is 291 g/mol. The predicted octanol–water partition coefficient (Wildman–Crippen LogP) is 2.89. The molecule has 1 aliphatic heterocycles. The lowest BCUT2D eigenvalue weighted by Crippen LogP contribution is -2.35. The topological polar surface area (TPSA) is 55.3 Å². The van der Waals surface area contributed by atoms with Gasteiger partial charge < -0.3 is 9.64 Å². The zero-order chi connectivity index (χ0) is 15.6. The van der Waals surface area contributed by atoms with E-state index in [-0.39, 0.29) is 6.09 Å². The summed E-state index contributed by atoms with van der Waals surface area (Å²) in [7, 11) is 0. The SMILES string of the molecule is Cc1cc(C[C@@H]2CCN(C(=O)OC(C)(C)C)C2)nc(C)n1. The first-order valence-corrected chi connectivity index (χ1v) is 7.52. The zero-order valence-corrected chi connectivity index (χ0v) is 13.6. The van der Waals surface area contributed by atoms with Crippen LogP contribution in [0, 0.1) is 19.8 Å². The van der Waals surface area contributed by atoms with Crippen LogP contribution in [-0.2, 0) is 11.2 Å². The summed E-state index contributed by atoms with van der Waals surface area (Å²) < 4.78 is 5.42. The van der Waals surface area contributed by atoms with Crippen LogP contribution in [0.3, 0.4) is 0 Å². The van der Waals surface area contributed by atoms with E-state index < -0.39 is 5.60 Å². The lowest BCUT2D eigenvalue weighted by atomic mass is 10.0. The van der Waals surface area contributed by atoms with Crippen molar-refractivity contribution >= 4 is 6.09 Å². The average Bonchev–Trinajstić information content (AvgIpc) is 2.73. The standard InChI is InChI=1S/C16H25N3O2/c1-11-8-14(18-12(2)17-11)9-13-6-7-19(10-13)15(20)21-16(3,4)5/h8,13H,6-7,9-10H2,1-5H3/t13-/m0/s1. The number of carbonyl (C=O) groups excluding carboxylic acids is 1. The van der Waals surface area contributed by atoms with Gasteiger partial charge in [0.25, 0.3) is 0 Å². The number of ether oxygens (including phenoxy) is 1. The molecule has 0 aromatic carbocycles. The molecule has 5 nitrogen and oxygen atoms in total. The molecule has 1 aromatic heterocycles. The number of aryl methyl sites for hydroxylation is 2. The molecule has 0 unspecified atom stereocenters. The first kappa shape index (κ1) is 15.7. The molecule has 2 rings (SSSR count). The number of nitrogens with zero attached hydrogens (tertiary/aromatic N) is 3. The Morgan fingerprint density at radius 1 is 1.38 bits per heavy atom. The molecule has 1 fully saturated rings. The third-order valence-electron chi connectivity index (χ3n) is 3.45. The number of hydrogen-bond acceptors (Lipinski definition) is 4. The number of hydrogen-bond donors (Lipinski definition) is 0. The molecule has 1 aliphatic rings. The highest BCUT2D eigenvalue weighted by molar-refractivity contribution is 5.68. The van der Waals surface area contributed by atoms with Crippen LogP contribution in [0.4, 0.5) is 4.79 Å². The van der Waals surface area contributed by atoms with Gasteiger partial charge in [-0.3, -0.25) is 0 Å². The van der Waals surface area contributed by atoms with Crippen molar-refractivity contribution in [1.82, 2.24) is 14.9 Å². The highest BCUT2D eigenvalue weighted by Gasteiger charge is 2.30. The maximum atomic E-state index is 12.0. The van der Waals surface area contributed by atoms with E-state index in [1.54, 1.807) is 4.90 Å². The molecule has 1 saturated heterocycles. The minimum Gasteiger partial charge on any atom is -0.444 e. The molecule has 5 heteroatoms. The number of carbonyl (C=O) groups is 1. The fraction of sp³-hybridized carbons (Fsp3) is 0.688. The summed E-state index contributed by atoms with van der Waals surface area (Å²) in [5.74, 6) is 1.26. The molecule has 0 N–H and O–H groups in total. The van der Waals surface area contributed by atoms with Crippen LogP contribution in [-0.4, -0.2) is 39.7 Å². The van der Waals surface area contributed by atoms with Crippen molar-refractivity contribution < 1.29 is 9.53 Å². The fourth-order valence-corrected chi connectivity index (χ4v) is 2.69. The molecule has 0 aliphatic carbocycles. The van der Waals surface area contributed by atoms with Crippen LogP contribution in [0.1, 0.15) is 44.4 Å². The van der Waals surface area contributed by atoms with E-state index in [1.807, 2.05) is 40.7 Å². The van der Waals surface area contributed by atoms with Crippen molar-refractivity contribution in [3.8, 4) is 0 Å². The quantitative estimate of drug-likeness (QED) is 0.840. The summed E-state index contributed by atoms with van der Waals surface area (Å²) in [6.07, 6.45) is 1.69. The second-order valence-electron chi connectivity index (χ2n) is 6.83. The third-order valence-corrected chi connectivity index (χ3v) is 3.45. The molecule has 2 heterocycles. The molecule has 116 valence electrons. The number of amides is 1. The van der Waals surface area contributed by atoms with Gasteiger partial charge in [0.05, 0.1) is 0 Å². The minimum absolute atomic E-state index is 0.208. The lowest BCUT2D eigenvalue weighted by Gasteiger charge is -2.24. The lowest BCUT2D eigenvalue weighted by molar-refractivity contribution is 0.0288. The van der Waals surface area contributed by atoms with Crippen molar-refractivity contribution in [3.63, 3.8) is 0 Å². The van der Waals surface area contributed by atoms with Gasteiger partial charge in [0, 0.05) is 24.5 Å². The van der Waals surface area contributed by atoms with Gasteiger partial charge in [0.1, 0.15) is 11.4 Å². The molecule has 0 spiro atoms. The van der Waals surface area contributed by atoms with Crippen LogP contribution in [0.5, 0.6) is 0 Å². The van der Waals surface area contributed by atoms with Crippen molar-refractivity contribution in [3.05, 3.63) is 23.3 Å². The first-order chi connectivity index (χ1) is 9.73. The smallest absolute Gasteiger partial charge is 0.410 e. The summed E-state index contributed by atoms with van der Waals surface area (Å²) in [6.45, 7) is 11.1. The second kappa shape index (κ2) is 6.00.